The van der Waals surface area contributed by atoms with Crippen molar-refractivity contribution in [3.05, 3.63) is 0 Å². The molecule has 0 spiro atoms. The topological polar surface area (TPSA) is 32.8 Å². The fraction of sp³-hybridized carbons (Fsp3) is 0.958. The predicted octanol–water partition coefficient (Wildman–Crippen LogP) is 6.13. The molecule has 4 nitrogen and oxygen atoms in total. The van der Waals surface area contributed by atoms with Gasteiger partial charge in [0.05, 0.1) is 38.0 Å². The average molecular weight is 487 g/mol. The van der Waals surface area contributed by atoms with E-state index in [4.69, 9.17) is 17.0 Å². The van der Waals surface area contributed by atoms with Crippen LogP contribution in [0.5, 0.6) is 0 Å². The van der Waals surface area contributed by atoms with Gasteiger partial charge in [-0.1, -0.05) is 74.0 Å². The molecule has 3 aliphatic rings. The summed E-state index contributed by atoms with van der Waals surface area (Å²) >= 11 is 7.04. The largest absolute Gasteiger partial charge is 0.518 e. The molecule has 3 fully saturated rings. The zero-order chi connectivity index (χ0) is 23.6. The summed E-state index contributed by atoms with van der Waals surface area (Å²) in [7, 11) is -0.237. The molecule has 1 heterocycles. The van der Waals surface area contributed by atoms with Gasteiger partial charge < -0.3 is 17.0 Å². The Morgan fingerprint density at radius 1 is 1.00 bits per heavy atom. The highest BCUT2D eigenvalue weighted by molar-refractivity contribution is 8.41. The van der Waals surface area contributed by atoms with Crippen LogP contribution in [-0.4, -0.2) is 60.4 Å². The van der Waals surface area contributed by atoms with Crippen LogP contribution in [0.4, 0.5) is 0 Å². The number of carbonyl (C=O) groups excluding carboxylic acids is 1. The Hall–Kier alpha value is 0.387. The summed E-state index contributed by atoms with van der Waals surface area (Å²) in [5, 5.41) is 0. The third kappa shape index (κ3) is 4.43. The fourth-order valence-electron chi connectivity index (χ4n) is 6.45. The maximum atomic E-state index is 13.0. The highest BCUT2D eigenvalue weighted by Crippen LogP contribution is 2.88. The van der Waals surface area contributed by atoms with E-state index in [-0.39, 0.29) is 27.5 Å². The summed E-state index contributed by atoms with van der Waals surface area (Å²) in [5.74, 6) is -0.0342. The molecule has 4 atom stereocenters. The quantitative estimate of drug-likeness (QED) is 0.202. The lowest BCUT2D eigenvalue weighted by Gasteiger charge is -2.54. The van der Waals surface area contributed by atoms with E-state index >= 15 is 0 Å². The summed E-state index contributed by atoms with van der Waals surface area (Å²) in [6.45, 7) is 21.4. The molecule has 0 unspecified atom stereocenters. The van der Waals surface area contributed by atoms with E-state index in [1.54, 1.807) is 7.11 Å². The molecule has 7 heteroatoms. The van der Waals surface area contributed by atoms with Crippen LogP contribution in [0, 0.1) is 16.7 Å². The first kappa shape index (κ1) is 26.0. The minimum Gasteiger partial charge on any atom is -0.518 e. The first-order chi connectivity index (χ1) is 14.0. The Morgan fingerprint density at radius 2 is 1.42 bits per heavy atom. The highest BCUT2D eigenvalue weighted by Gasteiger charge is 2.82. The Balaban J connectivity index is 2.21. The van der Waals surface area contributed by atoms with Crippen LogP contribution in [0.25, 0.3) is 0 Å². The standard InChI is InChI=1S/C24H47N2O2PSSi/c1-22(2,3)16-25-19-13-11-12-14-20(19)26(17-23(4,5)6)29(25,30)24(31(8,9)10)15-18(24)21(27)28-7/h18-20H,11-17H2,1-10H3/t18-,19+,20+,24+/m0/s1. The smallest absolute Gasteiger partial charge is 0.312 e. The second-order valence-electron chi connectivity index (χ2n) is 13.7. The number of carbonyl (C=O) groups is 1. The summed E-state index contributed by atoms with van der Waals surface area (Å²) in [4.78, 5) is 13.0. The van der Waals surface area contributed by atoms with Crippen molar-refractivity contribution in [3.8, 4) is 0 Å². The van der Waals surface area contributed by atoms with Gasteiger partial charge in [0.15, 0.2) is 0 Å². The monoisotopic (exact) mass is 486 g/mol. The normalized spacial score (nSPS) is 34.5. The van der Waals surface area contributed by atoms with Gasteiger partial charge in [0.25, 0.3) is 0 Å². The molecular formula is C24H47N2O2PSSi. The van der Waals surface area contributed by atoms with Gasteiger partial charge in [-0.25, -0.2) is 0 Å². The van der Waals surface area contributed by atoms with Crippen LogP contribution >= 0.6 is 6.77 Å². The van der Waals surface area contributed by atoms with Crippen LogP contribution in [0.3, 0.4) is 0 Å². The van der Waals surface area contributed by atoms with E-state index in [1.165, 1.54) is 25.7 Å². The molecular weight excluding hydrogens is 439 g/mol. The van der Waals surface area contributed by atoms with Gasteiger partial charge in [-0.15, -0.1) is 0 Å². The van der Waals surface area contributed by atoms with Crippen LogP contribution in [0.1, 0.15) is 73.6 Å². The summed E-state index contributed by atoms with van der Waals surface area (Å²) in [6, 6.07) is 1.10. The lowest BCUT2D eigenvalue weighted by Crippen LogP contribution is -2.52. The number of hydrogen-bond donors (Lipinski definition) is 0. The van der Waals surface area contributed by atoms with Crippen molar-refractivity contribution in [3.63, 3.8) is 0 Å². The molecule has 1 aliphatic heterocycles. The van der Waals surface area contributed by atoms with Crippen LogP contribution in [0.15, 0.2) is 0 Å². The van der Waals surface area contributed by atoms with Crippen LogP contribution in [0.2, 0.25) is 19.6 Å². The van der Waals surface area contributed by atoms with Gasteiger partial charge in [-0.2, -0.15) is 9.34 Å². The van der Waals surface area contributed by atoms with E-state index in [9.17, 15) is 4.79 Å². The lowest BCUT2D eigenvalue weighted by atomic mass is 9.87. The second kappa shape index (κ2) is 8.25. The molecule has 3 rings (SSSR count). The maximum absolute atomic E-state index is 13.0. The Kier molecular flexibility index (Phi) is 6.92. The number of ether oxygens (including phenoxy) is 1. The van der Waals surface area contributed by atoms with Crippen LogP contribution < -0.4 is 0 Å². The minimum absolute atomic E-state index is 0.0138. The third-order valence-electron chi connectivity index (χ3n) is 7.66. The minimum atomic E-state index is -2.16. The molecule has 2 saturated carbocycles. The first-order valence-corrected chi connectivity index (χ1v) is 18.4. The zero-order valence-electron chi connectivity index (χ0n) is 21.7. The summed E-state index contributed by atoms with van der Waals surface area (Å²) in [6.07, 6.45) is 6.06. The first-order valence-electron chi connectivity index (χ1n) is 12.2. The number of methoxy groups -OCH3 is 1. The molecule has 0 amide bonds. The van der Waals surface area contributed by atoms with E-state index in [0.29, 0.717) is 12.1 Å². The third-order valence-corrected chi connectivity index (χ3v) is 20.3. The average Bonchev–Trinajstić information content (AvgIpc) is 3.35. The molecule has 0 aromatic rings. The number of hydrogen-bond acceptors (Lipinski definition) is 5. The Morgan fingerprint density at radius 3 is 1.74 bits per heavy atom. The number of fused-ring (bicyclic) bond motifs is 1. The van der Waals surface area contributed by atoms with Gasteiger partial charge >= 0.3 is 5.97 Å². The number of esters is 1. The summed E-state index contributed by atoms with van der Waals surface area (Å²) < 4.78 is 11.0. The summed E-state index contributed by atoms with van der Waals surface area (Å²) in [5.41, 5.74) is 0.361. The van der Waals surface area contributed by atoms with Gasteiger partial charge in [0.1, 0.15) is 0 Å². The van der Waals surface area contributed by atoms with Gasteiger partial charge in [-0.3, -0.25) is 4.79 Å². The highest BCUT2D eigenvalue weighted by atomic mass is 32.7. The second-order valence-corrected chi connectivity index (χ2v) is 24.0. The van der Waals surface area contributed by atoms with Crippen molar-refractivity contribution in [2.45, 2.75) is 110 Å². The predicted molar refractivity (Wildman–Crippen MR) is 139 cm³/mol. The van der Waals surface area contributed by atoms with E-state index in [1.807, 2.05) is 0 Å². The number of rotatable bonds is 5. The van der Waals surface area contributed by atoms with E-state index in [2.05, 4.69) is 70.5 Å². The van der Waals surface area contributed by atoms with E-state index in [0.717, 1.165) is 19.5 Å². The van der Waals surface area contributed by atoms with Crippen molar-refractivity contribution in [1.82, 2.24) is 9.34 Å². The molecule has 180 valence electrons. The van der Waals surface area contributed by atoms with Gasteiger partial charge in [-0.05, 0) is 23.7 Å². The molecule has 31 heavy (non-hydrogen) atoms. The molecule has 1 saturated heterocycles. The molecule has 0 aromatic carbocycles. The molecule has 0 bridgehead atoms. The molecule has 0 aromatic heterocycles. The van der Waals surface area contributed by atoms with E-state index < -0.39 is 14.8 Å². The van der Waals surface area contributed by atoms with Crippen molar-refractivity contribution in [1.29, 1.82) is 0 Å². The Bertz CT molecular complexity index is 667. The van der Waals surface area contributed by atoms with Gasteiger partial charge in [0.2, 0.25) is 0 Å². The molecule has 0 N–H and O–H groups in total. The van der Waals surface area contributed by atoms with Crippen LogP contribution in [-0.2, 0) is 21.8 Å². The molecule has 0 radical (unpaired) electrons. The van der Waals surface area contributed by atoms with Crippen molar-refractivity contribution < 1.29 is 9.53 Å². The Labute approximate surface area is 198 Å². The SMILES string of the molecule is COC(=O)[C@@H]1C[C@]1([Si](C)(C)C)[P+]1([S-])N(CC(C)(C)C)[C@@H]2CCCC[C@H]2N1CC(C)(C)C. The van der Waals surface area contributed by atoms with Gasteiger partial charge in [0, 0.05) is 26.3 Å². The van der Waals surface area contributed by atoms with Crippen molar-refractivity contribution in [2.24, 2.45) is 16.7 Å². The zero-order valence-corrected chi connectivity index (χ0v) is 24.5. The molecule has 2 aliphatic carbocycles. The van der Waals surface area contributed by atoms with Crippen molar-refractivity contribution in [2.75, 3.05) is 20.2 Å². The fourth-order valence-corrected chi connectivity index (χ4v) is 21.6. The number of nitrogens with zero attached hydrogens (tertiary/aromatic N) is 2. The maximum Gasteiger partial charge on any atom is 0.312 e. The van der Waals surface area contributed by atoms with Crippen molar-refractivity contribution >= 4 is 33.1 Å². The lowest BCUT2D eigenvalue weighted by molar-refractivity contribution is -0.142.